The van der Waals surface area contributed by atoms with E-state index in [-0.39, 0.29) is 0 Å². The van der Waals surface area contributed by atoms with Crippen LogP contribution in [0.3, 0.4) is 0 Å². The van der Waals surface area contributed by atoms with Crippen molar-refractivity contribution >= 4 is 23.2 Å². The van der Waals surface area contributed by atoms with Gasteiger partial charge in [-0.3, -0.25) is 4.90 Å². The summed E-state index contributed by atoms with van der Waals surface area (Å²) < 4.78 is 0. The van der Waals surface area contributed by atoms with Crippen LogP contribution in [0.25, 0.3) is 0 Å². The number of hydrogen-bond donors (Lipinski definition) is 0. The Labute approximate surface area is 140 Å². The van der Waals surface area contributed by atoms with Crippen molar-refractivity contribution < 1.29 is 0 Å². The maximum Gasteiger partial charge on any atom is 0.125 e. The molecule has 0 spiro atoms. The molecule has 0 amide bonds. The van der Waals surface area contributed by atoms with Gasteiger partial charge in [-0.05, 0) is 31.9 Å². The molecule has 0 aliphatic carbocycles. The van der Waals surface area contributed by atoms with E-state index in [2.05, 4.69) is 14.9 Å². The van der Waals surface area contributed by atoms with Gasteiger partial charge < -0.3 is 0 Å². The van der Waals surface area contributed by atoms with Crippen LogP contribution in [0.4, 0.5) is 0 Å². The molecule has 3 heterocycles. The highest BCUT2D eigenvalue weighted by molar-refractivity contribution is 6.35. The fourth-order valence-corrected chi connectivity index (χ4v) is 4.30. The maximum absolute atomic E-state index is 6.35. The van der Waals surface area contributed by atoms with E-state index < -0.39 is 0 Å². The summed E-state index contributed by atoms with van der Waals surface area (Å²) in [4.78, 5) is 11.6. The van der Waals surface area contributed by atoms with E-state index >= 15 is 0 Å². The number of rotatable bonds is 2. The van der Waals surface area contributed by atoms with Crippen LogP contribution in [0.15, 0.2) is 24.4 Å². The Kier molecular flexibility index (Phi) is 3.60. The molecule has 0 N–H and O–H groups in total. The summed E-state index contributed by atoms with van der Waals surface area (Å²) in [5.41, 5.74) is 3.53. The van der Waals surface area contributed by atoms with E-state index in [0.29, 0.717) is 12.1 Å². The second-order valence-corrected chi connectivity index (χ2v) is 6.96. The van der Waals surface area contributed by atoms with Crippen molar-refractivity contribution in [2.24, 2.45) is 0 Å². The Morgan fingerprint density at radius 3 is 2.77 bits per heavy atom. The monoisotopic (exact) mass is 333 g/mol. The lowest BCUT2D eigenvalue weighted by Crippen LogP contribution is -2.37. The highest BCUT2D eigenvalue weighted by Crippen LogP contribution is 2.44. The Hall–Kier alpha value is -1.16. The SMILES string of the molecule is Cc1ncc2c(n1)C[C@H]1CC[C@H]2N1Cc1c(Cl)cccc1Cl. The van der Waals surface area contributed by atoms with E-state index in [1.165, 1.54) is 17.7 Å². The standard InChI is InChI=1S/C17H17Cl2N3/c1-10-20-8-12-16(21-10)7-11-5-6-17(12)22(11)9-13-14(18)3-2-4-15(13)19/h2-4,8,11,17H,5-7,9H2,1H3/t11-,17-/m1/s1. The Morgan fingerprint density at radius 1 is 1.23 bits per heavy atom. The van der Waals surface area contributed by atoms with Gasteiger partial charge in [0.05, 0.1) is 5.69 Å². The molecular weight excluding hydrogens is 317 g/mol. The van der Waals surface area contributed by atoms with E-state index in [0.717, 1.165) is 40.8 Å². The van der Waals surface area contributed by atoms with Gasteiger partial charge in [0.1, 0.15) is 5.82 Å². The summed E-state index contributed by atoms with van der Waals surface area (Å²) in [5.74, 6) is 0.862. The molecule has 0 saturated carbocycles. The molecule has 2 aliphatic heterocycles. The van der Waals surface area contributed by atoms with Gasteiger partial charge in [0.25, 0.3) is 0 Å². The van der Waals surface area contributed by atoms with Crippen LogP contribution in [-0.2, 0) is 13.0 Å². The van der Waals surface area contributed by atoms with Crippen molar-refractivity contribution in [3.8, 4) is 0 Å². The average Bonchev–Trinajstić information content (AvgIpc) is 2.76. The van der Waals surface area contributed by atoms with Crippen LogP contribution >= 0.6 is 23.2 Å². The highest BCUT2D eigenvalue weighted by atomic mass is 35.5. The van der Waals surface area contributed by atoms with Crippen molar-refractivity contribution in [1.29, 1.82) is 0 Å². The molecule has 3 nitrogen and oxygen atoms in total. The molecule has 2 atom stereocenters. The van der Waals surface area contributed by atoms with Crippen molar-refractivity contribution in [3.63, 3.8) is 0 Å². The summed E-state index contributed by atoms with van der Waals surface area (Å²) in [5, 5.41) is 1.50. The van der Waals surface area contributed by atoms with Gasteiger partial charge in [0.2, 0.25) is 0 Å². The van der Waals surface area contributed by atoms with Gasteiger partial charge >= 0.3 is 0 Å². The third kappa shape index (κ3) is 2.32. The van der Waals surface area contributed by atoms with E-state index in [4.69, 9.17) is 23.2 Å². The number of aromatic nitrogens is 2. The summed E-state index contributed by atoms with van der Waals surface area (Å²) in [6, 6.07) is 6.63. The van der Waals surface area contributed by atoms with Crippen molar-refractivity contribution in [3.05, 3.63) is 57.1 Å². The minimum absolute atomic E-state index is 0.390. The van der Waals surface area contributed by atoms with Crippen LogP contribution in [0.5, 0.6) is 0 Å². The van der Waals surface area contributed by atoms with E-state index in [1.807, 2.05) is 31.3 Å². The van der Waals surface area contributed by atoms with E-state index in [1.54, 1.807) is 0 Å². The summed E-state index contributed by atoms with van der Waals surface area (Å²) in [7, 11) is 0. The predicted molar refractivity (Wildman–Crippen MR) is 88.2 cm³/mol. The molecule has 5 heteroatoms. The molecule has 4 rings (SSSR count). The van der Waals surface area contributed by atoms with Crippen LogP contribution in [0.1, 0.15) is 41.5 Å². The molecular formula is C17H17Cl2N3. The molecule has 1 saturated heterocycles. The smallest absolute Gasteiger partial charge is 0.125 e. The molecule has 1 aromatic heterocycles. The lowest BCUT2D eigenvalue weighted by molar-refractivity contribution is 0.166. The van der Waals surface area contributed by atoms with Gasteiger partial charge in [-0.2, -0.15) is 0 Å². The molecule has 114 valence electrons. The summed E-state index contributed by atoms with van der Waals surface area (Å²) in [6.07, 6.45) is 5.36. The van der Waals surface area contributed by atoms with Gasteiger partial charge in [0.15, 0.2) is 0 Å². The average molecular weight is 334 g/mol. The zero-order valence-electron chi connectivity index (χ0n) is 12.4. The fourth-order valence-electron chi connectivity index (χ4n) is 3.79. The summed E-state index contributed by atoms with van der Waals surface area (Å²) >= 11 is 12.7. The molecule has 2 bridgehead atoms. The molecule has 2 aromatic rings. The van der Waals surface area contributed by atoms with Crippen molar-refractivity contribution in [2.45, 2.75) is 44.8 Å². The lowest BCUT2D eigenvalue weighted by atomic mass is 9.98. The van der Waals surface area contributed by atoms with Crippen LogP contribution in [0, 0.1) is 6.92 Å². The molecule has 22 heavy (non-hydrogen) atoms. The summed E-state index contributed by atoms with van der Waals surface area (Å²) in [6.45, 7) is 2.75. The van der Waals surface area contributed by atoms with Crippen LogP contribution < -0.4 is 0 Å². The van der Waals surface area contributed by atoms with Crippen molar-refractivity contribution in [1.82, 2.24) is 14.9 Å². The normalized spacial score (nSPS) is 23.6. The van der Waals surface area contributed by atoms with E-state index in [9.17, 15) is 0 Å². The first-order valence-electron chi connectivity index (χ1n) is 7.64. The van der Waals surface area contributed by atoms with Gasteiger partial charge in [-0.25, -0.2) is 9.97 Å². The number of halogens is 2. The van der Waals surface area contributed by atoms with Gasteiger partial charge in [-0.15, -0.1) is 0 Å². The number of benzene rings is 1. The first-order valence-corrected chi connectivity index (χ1v) is 8.40. The second-order valence-electron chi connectivity index (χ2n) is 6.14. The largest absolute Gasteiger partial charge is 0.289 e. The Bertz CT molecular complexity index is 712. The molecule has 1 aromatic carbocycles. The third-order valence-electron chi connectivity index (χ3n) is 4.85. The third-order valence-corrected chi connectivity index (χ3v) is 5.56. The van der Waals surface area contributed by atoms with Crippen LogP contribution in [0.2, 0.25) is 10.0 Å². The Balaban J connectivity index is 1.69. The number of aryl methyl sites for hydroxylation is 1. The van der Waals surface area contributed by atoms with Crippen LogP contribution in [-0.4, -0.2) is 20.9 Å². The minimum Gasteiger partial charge on any atom is -0.289 e. The first kappa shape index (κ1) is 14.4. The predicted octanol–water partition coefficient (Wildman–Crippen LogP) is 4.35. The number of hydrogen-bond acceptors (Lipinski definition) is 3. The van der Waals surface area contributed by atoms with Gasteiger partial charge in [-0.1, -0.05) is 29.3 Å². The topological polar surface area (TPSA) is 29.0 Å². The highest BCUT2D eigenvalue weighted by Gasteiger charge is 2.41. The quantitative estimate of drug-likeness (QED) is 0.817. The lowest BCUT2D eigenvalue weighted by Gasteiger charge is -2.36. The molecule has 0 radical (unpaired) electrons. The number of nitrogens with zero attached hydrogens (tertiary/aromatic N) is 3. The fraction of sp³-hybridized carbons (Fsp3) is 0.412. The van der Waals surface area contributed by atoms with Crippen molar-refractivity contribution in [2.75, 3.05) is 0 Å². The van der Waals surface area contributed by atoms with Gasteiger partial charge in [0, 0.05) is 52.4 Å². The zero-order valence-corrected chi connectivity index (χ0v) is 13.9. The minimum atomic E-state index is 0.390. The maximum atomic E-state index is 6.35. The first-order chi connectivity index (χ1) is 10.6. The Morgan fingerprint density at radius 2 is 2.00 bits per heavy atom. The molecule has 2 aliphatic rings. The molecule has 0 unspecified atom stereocenters. The zero-order chi connectivity index (χ0) is 15.3. The molecule has 1 fully saturated rings. The second kappa shape index (κ2) is 5.48. The number of fused-ring (bicyclic) bond motifs is 4.